The first-order chi connectivity index (χ1) is 10.0. The van der Waals surface area contributed by atoms with Crippen LogP contribution in [0, 0.1) is 16.5 Å². The molecule has 1 aromatic rings. The first-order valence-electron chi connectivity index (χ1n) is 8.29. The first-order valence-corrected chi connectivity index (χ1v) is 9.50. The fourth-order valence-electron chi connectivity index (χ4n) is 3.40. The second kappa shape index (κ2) is 7.87. The van der Waals surface area contributed by atoms with Crippen LogP contribution in [-0.4, -0.2) is 9.97 Å². The normalized spacial score (nSPS) is 22.7. The fourth-order valence-corrected chi connectivity index (χ4v) is 3.97. The van der Waals surface area contributed by atoms with Gasteiger partial charge in [0.05, 0.1) is 4.47 Å². The van der Waals surface area contributed by atoms with E-state index in [9.17, 15) is 0 Å². The third-order valence-corrected chi connectivity index (χ3v) is 5.91. The molecule has 0 unspecified atom stereocenters. The number of H-pyrrole nitrogens is 1. The highest BCUT2D eigenvalue weighted by Crippen LogP contribution is 2.36. The summed E-state index contributed by atoms with van der Waals surface area (Å²) in [5.41, 5.74) is 1.22. The van der Waals surface area contributed by atoms with Crippen LogP contribution in [0.5, 0.6) is 0 Å². The quantitative estimate of drug-likeness (QED) is 0.627. The number of hydrogen-bond donors (Lipinski definition) is 1. The summed E-state index contributed by atoms with van der Waals surface area (Å²) in [6.45, 7) is 6.76. The van der Waals surface area contributed by atoms with E-state index >= 15 is 0 Å². The van der Waals surface area contributed by atoms with E-state index in [1.807, 2.05) is 0 Å². The Labute approximate surface area is 142 Å². The van der Waals surface area contributed by atoms with Crippen molar-refractivity contribution in [2.45, 2.75) is 71.6 Å². The van der Waals surface area contributed by atoms with Crippen LogP contribution in [-0.2, 0) is 6.42 Å². The van der Waals surface area contributed by atoms with Crippen molar-refractivity contribution in [3.05, 3.63) is 20.6 Å². The lowest BCUT2D eigenvalue weighted by Crippen LogP contribution is -2.16. The van der Waals surface area contributed by atoms with Gasteiger partial charge in [0.25, 0.3) is 0 Å². The predicted molar refractivity (Wildman–Crippen MR) is 95.3 cm³/mol. The summed E-state index contributed by atoms with van der Waals surface area (Å²) in [7, 11) is 0. The van der Waals surface area contributed by atoms with Crippen molar-refractivity contribution in [2.24, 2.45) is 11.8 Å². The van der Waals surface area contributed by atoms with Crippen LogP contribution in [0.2, 0.25) is 0 Å². The van der Waals surface area contributed by atoms with Gasteiger partial charge in [0.1, 0.15) is 10.5 Å². The van der Waals surface area contributed by atoms with E-state index in [0.29, 0.717) is 11.8 Å². The zero-order chi connectivity index (χ0) is 15.4. The van der Waals surface area contributed by atoms with Crippen molar-refractivity contribution in [2.75, 3.05) is 0 Å². The van der Waals surface area contributed by atoms with Gasteiger partial charge in [-0.1, -0.05) is 45.8 Å². The highest BCUT2D eigenvalue weighted by Gasteiger charge is 2.24. The number of hydrogen-bond acceptors (Lipinski definition) is 2. The lowest BCUT2D eigenvalue weighted by molar-refractivity contribution is 0.301. The van der Waals surface area contributed by atoms with E-state index in [0.717, 1.165) is 27.3 Å². The molecule has 1 fully saturated rings. The maximum absolute atomic E-state index is 5.44. The van der Waals surface area contributed by atoms with Crippen molar-refractivity contribution in [3.63, 3.8) is 0 Å². The van der Waals surface area contributed by atoms with Gasteiger partial charge >= 0.3 is 0 Å². The molecule has 0 bridgehead atoms. The van der Waals surface area contributed by atoms with Gasteiger partial charge in [0.2, 0.25) is 0 Å². The van der Waals surface area contributed by atoms with Gasteiger partial charge in [-0.3, -0.25) is 0 Å². The lowest BCUT2D eigenvalue weighted by atomic mass is 9.80. The standard InChI is InChI=1S/C17H27BrN2S/c1-4-5-12-6-8-13(9-7-12)16-19-14(10-11(2)3)15(18)17(21)20-16/h11-13H,4-10H2,1-3H3,(H,19,20,21). The molecule has 118 valence electrons. The highest BCUT2D eigenvalue weighted by atomic mass is 79.9. The number of aromatic nitrogens is 2. The molecule has 2 nitrogen and oxygen atoms in total. The zero-order valence-corrected chi connectivity index (χ0v) is 15.8. The molecule has 1 aromatic heterocycles. The SMILES string of the molecule is CCCC1CCC(c2nc(=S)c(Br)c(CC(C)C)[nH]2)CC1. The van der Waals surface area contributed by atoms with E-state index in [1.165, 1.54) is 44.2 Å². The van der Waals surface area contributed by atoms with Crippen molar-refractivity contribution in [1.82, 2.24) is 9.97 Å². The van der Waals surface area contributed by atoms with Gasteiger partial charge < -0.3 is 4.98 Å². The van der Waals surface area contributed by atoms with Crippen LogP contribution in [0.3, 0.4) is 0 Å². The Balaban J connectivity index is 2.14. The average molecular weight is 371 g/mol. The molecule has 0 atom stereocenters. The maximum atomic E-state index is 5.44. The third-order valence-electron chi connectivity index (χ3n) is 4.50. The molecule has 1 aliphatic rings. The van der Waals surface area contributed by atoms with Gasteiger partial charge in [0, 0.05) is 11.6 Å². The van der Waals surface area contributed by atoms with Crippen molar-refractivity contribution >= 4 is 28.1 Å². The van der Waals surface area contributed by atoms with Crippen molar-refractivity contribution in [3.8, 4) is 0 Å². The Morgan fingerprint density at radius 1 is 1.29 bits per heavy atom. The summed E-state index contributed by atoms with van der Waals surface area (Å²) in [5, 5.41) is 0. The van der Waals surface area contributed by atoms with Crippen LogP contribution >= 0.6 is 28.1 Å². The van der Waals surface area contributed by atoms with Crippen molar-refractivity contribution < 1.29 is 0 Å². The largest absolute Gasteiger partial charge is 0.346 e. The number of aromatic amines is 1. The minimum Gasteiger partial charge on any atom is -0.346 e. The smallest absolute Gasteiger partial charge is 0.144 e. The molecule has 1 heterocycles. The molecule has 0 radical (unpaired) electrons. The summed E-state index contributed by atoms with van der Waals surface area (Å²) >= 11 is 9.04. The fraction of sp³-hybridized carbons (Fsp3) is 0.765. The molecule has 0 aliphatic heterocycles. The van der Waals surface area contributed by atoms with E-state index in [2.05, 4.69) is 46.7 Å². The third kappa shape index (κ3) is 4.62. The molecule has 1 aliphatic carbocycles. The number of rotatable bonds is 5. The first kappa shape index (κ1) is 17.1. The van der Waals surface area contributed by atoms with Crippen LogP contribution in [0.25, 0.3) is 0 Å². The Hall–Kier alpha value is -0.220. The molecule has 1 saturated carbocycles. The van der Waals surface area contributed by atoms with Crippen LogP contribution in [0.4, 0.5) is 0 Å². The molecule has 0 saturated heterocycles. The molecular weight excluding hydrogens is 344 g/mol. The highest BCUT2D eigenvalue weighted by molar-refractivity contribution is 9.10. The second-order valence-electron chi connectivity index (χ2n) is 6.82. The minimum atomic E-state index is 0.568. The summed E-state index contributed by atoms with van der Waals surface area (Å²) in [4.78, 5) is 8.22. The monoisotopic (exact) mass is 370 g/mol. The summed E-state index contributed by atoms with van der Waals surface area (Å²) in [6, 6.07) is 0. The summed E-state index contributed by atoms with van der Waals surface area (Å²) < 4.78 is 1.70. The topological polar surface area (TPSA) is 28.7 Å². The molecule has 1 N–H and O–H groups in total. The van der Waals surface area contributed by atoms with Gasteiger partial charge in [-0.15, -0.1) is 0 Å². The average Bonchev–Trinajstić information content (AvgIpc) is 2.44. The lowest BCUT2D eigenvalue weighted by Gasteiger charge is -2.28. The minimum absolute atomic E-state index is 0.568. The predicted octanol–water partition coefficient (Wildman–Crippen LogP) is 6.17. The van der Waals surface area contributed by atoms with E-state index in [-0.39, 0.29) is 0 Å². The summed E-state index contributed by atoms with van der Waals surface area (Å²) in [6.07, 6.45) is 8.91. The molecule has 2 rings (SSSR count). The molecular formula is C17H27BrN2S. The van der Waals surface area contributed by atoms with Crippen molar-refractivity contribution in [1.29, 1.82) is 0 Å². The Bertz CT molecular complexity index is 516. The van der Waals surface area contributed by atoms with E-state index in [1.54, 1.807) is 0 Å². The van der Waals surface area contributed by atoms with Crippen LogP contribution in [0.1, 0.15) is 76.7 Å². The molecule has 0 aromatic carbocycles. The zero-order valence-electron chi connectivity index (χ0n) is 13.4. The van der Waals surface area contributed by atoms with Gasteiger partial charge in [-0.25, -0.2) is 4.98 Å². The van der Waals surface area contributed by atoms with Gasteiger partial charge in [0.15, 0.2) is 0 Å². The molecule has 0 spiro atoms. The maximum Gasteiger partial charge on any atom is 0.144 e. The number of nitrogens with zero attached hydrogens (tertiary/aromatic N) is 1. The van der Waals surface area contributed by atoms with Crippen LogP contribution in [0.15, 0.2) is 4.47 Å². The van der Waals surface area contributed by atoms with Crippen LogP contribution < -0.4 is 0 Å². The summed E-state index contributed by atoms with van der Waals surface area (Å²) in [5.74, 6) is 3.23. The van der Waals surface area contributed by atoms with Gasteiger partial charge in [-0.2, -0.15) is 0 Å². The molecule has 21 heavy (non-hydrogen) atoms. The van der Waals surface area contributed by atoms with E-state index < -0.39 is 0 Å². The Morgan fingerprint density at radius 2 is 1.95 bits per heavy atom. The van der Waals surface area contributed by atoms with E-state index in [4.69, 9.17) is 12.2 Å². The molecule has 4 heteroatoms. The Morgan fingerprint density at radius 3 is 2.52 bits per heavy atom. The molecule has 0 amide bonds. The Kier molecular flexibility index (Phi) is 6.42. The van der Waals surface area contributed by atoms with Gasteiger partial charge in [-0.05, 0) is 59.9 Å². The number of nitrogens with one attached hydrogen (secondary N) is 1. The number of halogens is 1. The second-order valence-corrected chi connectivity index (χ2v) is 8.00.